The second-order valence-corrected chi connectivity index (χ2v) is 6.63. The van der Waals surface area contributed by atoms with Crippen molar-refractivity contribution in [1.82, 2.24) is 0 Å². The molecule has 3 heteroatoms. The first-order valence-corrected chi connectivity index (χ1v) is 8.60. The molecule has 0 aromatic rings. The van der Waals surface area contributed by atoms with Gasteiger partial charge in [-0.05, 0) is 12.3 Å². The van der Waals surface area contributed by atoms with E-state index < -0.39 is 0 Å². The molecule has 2 rings (SSSR count). The van der Waals surface area contributed by atoms with E-state index in [2.05, 4.69) is 6.92 Å². The fourth-order valence-electron chi connectivity index (χ4n) is 3.90. The molecule has 0 bridgehead atoms. The molecule has 1 aliphatic heterocycles. The molecule has 0 aromatic heterocycles. The smallest absolute Gasteiger partial charge is 0.306 e. The van der Waals surface area contributed by atoms with Crippen LogP contribution in [0.4, 0.5) is 0 Å². The van der Waals surface area contributed by atoms with Crippen LogP contribution in [0.5, 0.6) is 0 Å². The molecule has 0 unspecified atom stereocenters. The molecule has 116 valence electrons. The highest BCUT2D eigenvalue weighted by Gasteiger charge is 2.48. The number of aliphatic hydroxyl groups is 1. The molecular formula is C17H30O3. The van der Waals surface area contributed by atoms with Gasteiger partial charge in [-0.2, -0.15) is 0 Å². The lowest BCUT2D eigenvalue weighted by Crippen LogP contribution is -2.19. The maximum atomic E-state index is 11.3. The molecular weight excluding hydrogens is 252 g/mol. The molecule has 0 radical (unpaired) electrons. The van der Waals surface area contributed by atoms with Gasteiger partial charge in [0, 0.05) is 12.3 Å². The molecule has 1 saturated carbocycles. The minimum atomic E-state index is -0.248. The number of hydrogen-bond acceptors (Lipinski definition) is 3. The quantitative estimate of drug-likeness (QED) is 0.516. The van der Waals surface area contributed by atoms with Gasteiger partial charge in [-0.1, -0.05) is 58.3 Å². The van der Waals surface area contributed by atoms with Gasteiger partial charge in [-0.25, -0.2) is 0 Å². The average Bonchev–Trinajstić information content (AvgIpc) is 2.89. The highest BCUT2D eigenvalue weighted by Crippen LogP contribution is 2.43. The Labute approximate surface area is 123 Å². The molecule has 1 aliphatic carbocycles. The number of hydrogen-bond donors (Lipinski definition) is 1. The summed E-state index contributed by atoms with van der Waals surface area (Å²) in [7, 11) is 0. The van der Waals surface area contributed by atoms with Crippen LogP contribution in [0.3, 0.4) is 0 Å². The topological polar surface area (TPSA) is 46.5 Å². The second-order valence-electron chi connectivity index (χ2n) is 6.63. The van der Waals surface area contributed by atoms with Gasteiger partial charge in [0.05, 0.1) is 12.5 Å². The highest BCUT2D eigenvalue weighted by molar-refractivity contribution is 5.72. The van der Waals surface area contributed by atoms with Gasteiger partial charge in [0.2, 0.25) is 0 Å². The number of rotatable bonds is 9. The van der Waals surface area contributed by atoms with Gasteiger partial charge in [0.25, 0.3) is 0 Å². The number of ether oxygens (including phenoxy) is 1. The van der Waals surface area contributed by atoms with E-state index in [1.807, 2.05) is 0 Å². The van der Waals surface area contributed by atoms with Crippen LogP contribution < -0.4 is 0 Å². The van der Waals surface area contributed by atoms with Crippen LogP contribution >= 0.6 is 0 Å². The Morgan fingerprint density at radius 2 is 1.75 bits per heavy atom. The molecule has 0 amide bonds. The van der Waals surface area contributed by atoms with Crippen LogP contribution in [0.15, 0.2) is 0 Å². The summed E-state index contributed by atoms with van der Waals surface area (Å²) in [5.74, 6) is 0.529. The third-order valence-electron chi connectivity index (χ3n) is 5.07. The Hall–Kier alpha value is -0.570. The van der Waals surface area contributed by atoms with Gasteiger partial charge < -0.3 is 9.84 Å². The zero-order valence-corrected chi connectivity index (χ0v) is 12.9. The van der Waals surface area contributed by atoms with E-state index in [9.17, 15) is 9.90 Å². The van der Waals surface area contributed by atoms with Crippen LogP contribution in [0.2, 0.25) is 0 Å². The van der Waals surface area contributed by atoms with E-state index in [1.165, 1.54) is 51.4 Å². The van der Waals surface area contributed by atoms with E-state index >= 15 is 0 Å². The summed E-state index contributed by atoms with van der Waals surface area (Å²) in [5.41, 5.74) is 0. The van der Waals surface area contributed by atoms with Gasteiger partial charge in [0.1, 0.15) is 6.10 Å². The van der Waals surface area contributed by atoms with Gasteiger partial charge in [-0.15, -0.1) is 0 Å². The number of carbonyl (C=O) groups excluding carboxylic acids is 1. The standard InChI is InChI=1S/C17H30O3/c1-2-3-4-5-6-7-8-9-10-13-14-11-17(19)20-16(14)12-15(13)18/h13-16,18H,2-12H2,1H3/t13-,14-,15-,16+/m1/s1. The van der Waals surface area contributed by atoms with E-state index in [0.29, 0.717) is 24.7 Å². The number of fused-ring (bicyclic) bond motifs is 1. The number of carbonyl (C=O) groups is 1. The third kappa shape index (κ3) is 4.21. The first-order valence-electron chi connectivity index (χ1n) is 8.60. The lowest BCUT2D eigenvalue weighted by molar-refractivity contribution is -0.141. The fourth-order valence-corrected chi connectivity index (χ4v) is 3.90. The van der Waals surface area contributed by atoms with Crippen LogP contribution in [0, 0.1) is 11.8 Å². The minimum absolute atomic E-state index is 0.0107. The molecule has 1 saturated heterocycles. The van der Waals surface area contributed by atoms with Gasteiger partial charge in [0.15, 0.2) is 0 Å². The van der Waals surface area contributed by atoms with Crippen molar-refractivity contribution in [2.45, 2.75) is 89.8 Å². The van der Waals surface area contributed by atoms with Gasteiger partial charge in [-0.3, -0.25) is 4.79 Å². The van der Waals surface area contributed by atoms with E-state index in [4.69, 9.17) is 4.74 Å². The molecule has 2 fully saturated rings. The number of unbranched alkanes of at least 4 members (excludes halogenated alkanes) is 7. The first kappa shape index (κ1) is 15.8. The monoisotopic (exact) mass is 282 g/mol. The molecule has 1 heterocycles. The Bertz CT molecular complexity index is 303. The maximum absolute atomic E-state index is 11.3. The SMILES string of the molecule is CCCCCCCCCC[C@@H]1[C@H]2CC(=O)O[C@H]2C[C@H]1O. The molecule has 0 spiro atoms. The Morgan fingerprint density at radius 3 is 2.45 bits per heavy atom. The van der Waals surface area contributed by atoms with Gasteiger partial charge >= 0.3 is 5.97 Å². The van der Waals surface area contributed by atoms with Crippen LogP contribution in [0.1, 0.15) is 77.6 Å². The number of aliphatic hydroxyl groups excluding tert-OH is 1. The Kier molecular flexibility index (Phi) is 6.34. The molecule has 1 N–H and O–H groups in total. The van der Waals surface area contributed by atoms with Crippen molar-refractivity contribution in [3.8, 4) is 0 Å². The van der Waals surface area contributed by atoms with Crippen LogP contribution in [-0.2, 0) is 9.53 Å². The van der Waals surface area contributed by atoms with Crippen molar-refractivity contribution >= 4 is 5.97 Å². The Balaban J connectivity index is 1.56. The van der Waals surface area contributed by atoms with Crippen molar-refractivity contribution in [2.24, 2.45) is 11.8 Å². The molecule has 3 nitrogen and oxygen atoms in total. The predicted molar refractivity (Wildman–Crippen MR) is 79.3 cm³/mol. The largest absolute Gasteiger partial charge is 0.462 e. The molecule has 2 aliphatic rings. The highest BCUT2D eigenvalue weighted by atomic mass is 16.6. The zero-order chi connectivity index (χ0) is 14.4. The van der Waals surface area contributed by atoms with Crippen molar-refractivity contribution in [1.29, 1.82) is 0 Å². The first-order chi connectivity index (χ1) is 9.72. The minimum Gasteiger partial charge on any atom is -0.462 e. The lowest BCUT2D eigenvalue weighted by Gasteiger charge is -2.18. The normalized spacial score (nSPS) is 32.4. The van der Waals surface area contributed by atoms with Crippen LogP contribution in [-0.4, -0.2) is 23.3 Å². The van der Waals surface area contributed by atoms with E-state index in [0.717, 1.165) is 6.42 Å². The third-order valence-corrected chi connectivity index (χ3v) is 5.07. The lowest BCUT2D eigenvalue weighted by atomic mass is 9.87. The summed E-state index contributed by atoms with van der Waals surface area (Å²) in [6, 6.07) is 0. The zero-order valence-electron chi connectivity index (χ0n) is 12.9. The summed E-state index contributed by atoms with van der Waals surface area (Å²) in [6.45, 7) is 2.25. The van der Waals surface area contributed by atoms with E-state index in [1.54, 1.807) is 0 Å². The molecule has 4 atom stereocenters. The van der Waals surface area contributed by atoms with Crippen molar-refractivity contribution in [3.05, 3.63) is 0 Å². The maximum Gasteiger partial charge on any atom is 0.306 e. The van der Waals surface area contributed by atoms with Crippen molar-refractivity contribution in [2.75, 3.05) is 0 Å². The Morgan fingerprint density at radius 1 is 1.10 bits per heavy atom. The average molecular weight is 282 g/mol. The predicted octanol–water partition coefficient (Wildman–Crippen LogP) is 3.83. The van der Waals surface area contributed by atoms with Crippen molar-refractivity contribution < 1.29 is 14.6 Å². The summed E-state index contributed by atoms with van der Waals surface area (Å²) in [4.78, 5) is 11.3. The number of esters is 1. The summed E-state index contributed by atoms with van der Waals surface area (Å²) >= 11 is 0. The van der Waals surface area contributed by atoms with Crippen molar-refractivity contribution in [3.63, 3.8) is 0 Å². The summed E-state index contributed by atoms with van der Waals surface area (Å²) in [6.07, 6.45) is 12.6. The van der Waals surface area contributed by atoms with E-state index in [-0.39, 0.29) is 18.2 Å². The molecule has 20 heavy (non-hydrogen) atoms. The fraction of sp³-hybridized carbons (Fsp3) is 0.941. The molecule has 0 aromatic carbocycles. The second kappa shape index (κ2) is 8.02. The summed E-state index contributed by atoms with van der Waals surface area (Å²) in [5, 5.41) is 10.1. The summed E-state index contributed by atoms with van der Waals surface area (Å²) < 4.78 is 5.27. The van der Waals surface area contributed by atoms with Crippen LogP contribution in [0.25, 0.3) is 0 Å².